The molecule has 92 valence electrons. The first-order chi connectivity index (χ1) is 8.15. The van der Waals surface area contributed by atoms with E-state index in [4.69, 9.17) is 5.73 Å². The van der Waals surface area contributed by atoms with Gasteiger partial charge < -0.3 is 10.6 Å². The van der Waals surface area contributed by atoms with Gasteiger partial charge in [0.1, 0.15) is 0 Å². The molecule has 2 N–H and O–H groups in total. The minimum absolute atomic E-state index is 0.0389. The largest absolute Gasteiger partial charge is 0.330 e. The molecule has 1 aliphatic heterocycles. The van der Waals surface area contributed by atoms with Crippen LogP contribution in [0, 0.1) is 0 Å². The van der Waals surface area contributed by atoms with E-state index in [2.05, 4.69) is 6.07 Å². The highest BCUT2D eigenvalue weighted by atomic mass is 16.2. The molecule has 0 bridgehead atoms. The van der Waals surface area contributed by atoms with Crippen molar-refractivity contribution < 1.29 is 4.79 Å². The first-order valence-corrected chi connectivity index (χ1v) is 5.93. The summed E-state index contributed by atoms with van der Waals surface area (Å²) in [5.41, 5.74) is 7.91. The van der Waals surface area contributed by atoms with Crippen LogP contribution in [0.2, 0.25) is 0 Å². The van der Waals surface area contributed by atoms with Crippen LogP contribution in [0.25, 0.3) is 0 Å². The van der Waals surface area contributed by atoms with Crippen molar-refractivity contribution in [1.29, 1.82) is 0 Å². The van der Waals surface area contributed by atoms with Crippen molar-refractivity contribution >= 4 is 11.7 Å². The number of fused-ring (bicyclic) bond motifs is 1. The van der Waals surface area contributed by atoms with Crippen LogP contribution in [-0.2, 0) is 0 Å². The third kappa shape index (κ3) is 2.13. The van der Waals surface area contributed by atoms with E-state index in [9.17, 15) is 4.79 Å². The number of rotatable bonds is 2. The summed E-state index contributed by atoms with van der Waals surface area (Å²) in [5, 5.41) is 0. The molecule has 0 fully saturated rings. The molecular formula is C13H19N3O. The highest BCUT2D eigenvalue weighted by molar-refractivity contribution is 5.94. The van der Waals surface area contributed by atoms with Gasteiger partial charge in [-0.25, -0.2) is 4.79 Å². The summed E-state index contributed by atoms with van der Waals surface area (Å²) in [6, 6.07) is 8.13. The predicted octanol–water partition coefficient (Wildman–Crippen LogP) is 1.62. The second kappa shape index (κ2) is 4.75. The molecule has 1 aromatic rings. The van der Waals surface area contributed by atoms with Gasteiger partial charge in [0, 0.05) is 32.2 Å². The number of anilines is 1. The molecule has 1 atom stereocenters. The van der Waals surface area contributed by atoms with E-state index in [-0.39, 0.29) is 6.03 Å². The minimum Gasteiger partial charge on any atom is -0.330 e. The Labute approximate surface area is 102 Å². The van der Waals surface area contributed by atoms with Gasteiger partial charge in [-0.1, -0.05) is 18.2 Å². The highest BCUT2D eigenvalue weighted by Gasteiger charge is 2.32. The third-order valence-corrected chi connectivity index (χ3v) is 3.20. The predicted molar refractivity (Wildman–Crippen MR) is 69.3 cm³/mol. The monoisotopic (exact) mass is 233 g/mol. The van der Waals surface area contributed by atoms with Gasteiger partial charge in [-0.05, 0) is 24.6 Å². The Balaban J connectivity index is 2.31. The molecule has 4 nitrogen and oxygen atoms in total. The molecule has 2 amide bonds. The van der Waals surface area contributed by atoms with Crippen LogP contribution < -0.4 is 10.6 Å². The zero-order valence-corrected chi connectivity index (χ0v) is 10.4. The average Bonchev–Trinajstić information content (AvgIpc) is 2.68. The van der Waals surface area contributed by atoms with Gasteiger partial charge in [0.05, 0.1) is 0 Å². The van der Waals surface area contributed by atoms with E-state index in [0.717, 1.165) is 18.7 Å². The zero-order chi connectivity index (χ0) is 12.4. The molecular weight excluding hydrogens is 214 g/mol. The van der Waals surface area contributed by atoms with Gasteiger partial charge in [-0.3, -0.25) is 4.90 Å². The van der Waals surface area contributed by atoms with Crippen molar-refractivity contribution in [2.75, 3.05) is 32.1 Å². The fraction of sp³-hybridized carbons (Fsp3) is 0.462. The molecule has 4 heteroatoms. The number of hydrogen-bond acceptors (Lipinski definition) is 2. The van der Waals surface area contributed by atoms with Gasteiger partial charge in [0.25, 0.3) is 0 Å². The van der Waals surface area contributed by atoms with Gasteiger partial charge in [0.2, 0.25) is 0 Å². The van der Waals surface area contributed by atoms with Crippen molar-refractivity contribution in [3.63, 3.8) is 0 Å². The first-order valence-electron chi connectivity index (χ1n) is 5.93. The molecule has 1 aliphatic rings. The number of benzene rings is 1. The SMILES string of the molecule is CN(C)C(=O)N1CC(CCN)c2ccccc21. The van der Waals surface area contributed by atoms with Crippen LogP contribution in [-0.4, -0.2) is 38.1 Å². The van der Waals surface area contributed by atoms with Crippen molar-refractivity contribution in [3.8, 4) is 0 Å². The lowest BCUT2D eigenvalue weighted by Crippen LogP contribution is -2.38. The Morgan fingerprint density at radius 2 is 2.18 bits per heavy atom. The molecule has 2 rings (SSSR count). The lowest BCUT2D eigenvalue weighted by molar-refractivity contribution is 0.224. The first kappa shape index (κ1) is 11.9. The minimum atomic E-state index is 0.0389. The number of carbonyl (C=O) groups is 1. The van der Waals surface area contributed by atoms with Crippen molar-refractivity contribution in [1.82, 2.24) is 4.90 Å². The number of hydrogen-bond donors (Lipinski definition) is 1. The lowest BCUT2D eigenvalue weighted by atomic mass is 9.98. The summed E-state index contributed by atoms with van der Waals surface area (Å²) >= 11 is 0. The maximum Gasteiger partial charge on any atom is 0.323 e. The molecule has 1 unspecified atom stereocenters. The van der Waals surface area contributed by atoms with E-state index in [0.29, 0.717) is 12.5 Å². The molecule has 0 aromatic heterocycles. The molecule has 0 spiro atoms. The Morgan fingerprint density at radius 1 is 1.47 bits per heavy atom. The lowest BCUT2D eigenvalue weighted by Gasteiger charge is -2.22. The number of carbonyl (C=O) groups excluding carboxylic acids is 1. The van der Waals surface area contributed by atoms with E-state index in [1.165, 1.54) is 5.56 Å². The van der Waals surface area contributed by atoms with Crippen LogP contribution >= 0.6 is 0 Å². The molecule has 0 aliphatic carbocycles. The number of para-hydroxylation sites is 1. The summed E-state index contributed by atoms with van der Waals surface area (Å²) in [7, 11) is 3.56. The fourth-order valence-electron chi connectivity index (χ4n) is 2.37. The summed E-state index contributed by atoms with van der Waals surface area (Å²) < 4.78 is 0. The topological polar surface area (TPSA) is 49.6 Å². The summed E-state index contributed by atoms with van der Waals surface area (Å²) in [5.74, 6) is 0.375. The normalized spacial score (nSPS) is 18.1. The molecule has 0 radical (unpaired) electrons. The van der Waals surface area contributed by atoms with Gasteiger partial charge in [-0.15, -0.1) is 0 Å². The van der Waals surface area contributed by atoms with Crippen molar-refractivity contribution in [3.05, 3.63) is 29.8 Å². The van der Waals surface area contributed by atoms with Gasteiger partial charge in [-0.2, -0.15) is 0 Å². The van der Waals surface area contributed by atoms with E-state index >= 15 is 0 Å². The van der Waals surface area contributed by atoms with Gasteiger partial charge in [0.15, 0.2) is 0 Å². The second-order valence-corrected chi connectivity index (χ2v) is 4.62. The summed E-state index contributed by atoms with van der Waals surface area (Å²) in [6.45, 7) is 1.40. The van der Waals surface area contributed by atoms with E-state index in [1.54, 1.807) is 19.0 Å². The number of nitrogens with two attached hydrogens (primary N) is 1. The summed E-state index contributed by atoms with van der Waals surface area (Å²) in [6.07, 6.45) is 0.925. The average molecular weight is 233 g/mol. The number of amides is 2. The van der Waals surface area contributed by atoms with Crippen LogP contribution in [0.3, 0.4) is 0 Å². The van der Waals surface area contributed by atoms with Gasteiger partial charge >= 0.3 is 6.03 Å². The van der Waals surface area contributed by atoms with Crippen LogP contribution in [0.4, 0.5) is 10.5 Å². The zero-order valence-electron chi connectivity index (χ0n) is 10.4. The quantitative estimate of drug-likeness (QED) is 0.844. The van der Waals surface area contributed by atoms with E-state index in [1.807, 2.05) is 23.1 Å². The molecule has 1 aromatic carbocycles. The maximum absolute atomic E-state index is 12.1. The Bertz CT molecular complexity index is 417. The fourth-order valence-corrected chi connectivity index (χ4v) is 2.37. The van der Waals surface area contributed by atoms with Crippen LogP contribution in [0.15, 0.2) is 24.3 Å². The maximum atomic E-state index is 12.1. The van der Waals surface area contributed by atoms with Crippen LogP contribution in [0.1, 0.15) is 17.9 Å². The molecule has 1 heterocycles. The van der Waals surface area contributed by atoms with Crippen molar-refractivity contribution in [2.24, 2.45) is 5.73 Å². The Kier molecular flexibility index (Phi) is 3.33. The number of urea groups is 1. The standard InChI is InChI=1S/C13H19N3O/c1-15(2)13(17)16-9-10(7-8-14)11-5-3-4-6-12(11)16/h3-6,10H,7-9,14H2,1-2H3. The van der Waals surface area contributed by atoms with E-state index < -0.39 is 0 Å². The third-order valence-electron chi connectivity index (χ3n) is 3.20. The van der Waals surface area contributed by atoms with Crippen LogP contribution in [0.5, 0.6) is 0 Å². The molecule has 0 saturated carbocycles. The second-order valence-electron chi connectivity index (χ2n) is 4.62. The smallest absolute Gasteiger partial charge is 0.323 e. The Morgan fingerprint density at radius 3 is 2.82 bits per heavy atom. The highest BCUT2D eigenvalue weighted by Crippen LogP contribution is 2.37. The molecule has 0 saturated heterocycles. The summed E-state index contributed by atoms with van der Waals surface area (Å²) in [4.78, 5) is 15.5. The van der Waals surface area contributed by atoms with Crippen molar-refractivity contribution in [2.45, 2.75) is 12.3 Å². The molecule has 17 heavy (non-hydrogen) atoms. The number of nitrogens with zero attached hydrogens (tertiary/aromatic N) is 2. The Hall–Kier alpha value is -1.55.